The first kappa shape index (κ1) is 24.5. The fraction of sp³-hybridized carbons (Fsp3) is 0.333. The van der Waals surface area contributed by atoms with E-state index < -0.39 is 16.0 Å². The molecule has 0 radical (unpaired) electrons. The molecular formula is C24H29N3O5S. The lowest BCUT2D eigenvalue weighted by Crippen LogP contribution is -2.16. The molecule has 0 saturated carbocycles. The molecule has 176 valence electrons. The molecule has 0 aliphatic rings. The first-order valence-electron chi connectivity index (χ1n) is 10.5. The normalized spacial score (nSPS) is 11.8. The number of ketones is 1. The first-order valence-corrected chi connectivity index (χ1v) is 12.1. The average molecular weight is 472 g/mol. The summed E-state index contributed by atoms with van der Waals surface area (Å²) in [7, 11) is -3.79. The molecule has 0 saturated heterocycles. The topological polar surface area (TPSA) is 113 Å². The standard InChI is InChI=1S/C24H29N3O5S/c1-14(2)26-15(3)12-22(18(26)6)24(29)32-13-23(28)21-11-16(4)27(17(21)5)19-7-9-20(10-8-19)33(25,30)31/h7-12,14H,13H2,1-6H3,(H2,25,30,31). The van der Waals surface area contributed by atoms with E-state index in [1.807, 2.05) is 43.8 Å². The molecule has 3 rings (SSSR count). The van der Waals surface area contributed by atoms with E-state index in [0.29, 0.717) is 22.5 Å². The zero-order chi connectivity index (χ0) is 24.7. The van der Waals surface area contributed by atoms with Crippen molar-refractivity contribution >= 4 is 21.8 Å². The molecule has 2 heterocycles. The number of rotatable bonds is 7. The van der Waals surface area contributed by atoms with Gasteiger partial charge in [-0.1, -0.05) is 0 Å². The van der Waals surface area contributed by atoms with E-state index in [1.165, 1.54) is 12.1 Å². The number of carbonyl (C=O) groups is 2. The van der Waals surface area contributed by atoms with E-state index in [4.69, 9.17) is 9.88 Å². The lowest BCUT2D eigenvalue weighted by molar-refractivity contribution is 0.0473. The quantitative estimate of drug-likeness (QED) is 0.416. The third kappa shape index (κ3) is 4.79. The van der Waals surface area contributed by atoms with Gasteiger partial charge in [0, 0.05) is 40.1 Å². The number of nitrogens with two attached hydrogens (primary N) is 1. The van der Waals surface area contributed by atoms with Gasteiger partial charge in [0.2, 0.25) is 15.8 Å². The van der Waals surface area contributed by atoms with Crippen molar-refractivity contribution in [3.63, 3.8) is 0 Å². The van der Waals surface area contributed by atoms with Crippen LogP contribution in [0.15, 0.2) is 41.3 Å². The van der Waals surface area contributed by atoms with Crippen LogP contribution in [0.4, 0.5) is 0 Å². The van der Waals surface area contributed by atoms with E-state index in [2.05, 4.69) is 0 Å². The molecule has 3 aromatic rings. The van der Waals surface area contributed by atoms with Crippen molar-refractivity contribution in [1.82, 2.24) is 9.13 Å². The molecule has 0 fully saturated rings. The number of sulfonamides is 1. The summed E-state index contributed by atoms with van der Waals surface area (Å²) in [6.07, 6.45) is 0. The summed E-state index contributed by atoms with van der Waals surface area (Å²) in [5.41, 5.74) is 4.78. The highest BCUT2D eigenvalue weighted by Crippen LogP contribution is 2.24. The molecule has 0 atom stereocenters. The number of esters is 1. The number of ether oxygens (including phenoxy) is 1. The zero-order valence-electron chi connectivity index (χ0n) is 19.7. The highest BCUT2D eigenvalue weighted by molar-refractivity contribution is 7.89. The fourth-order valence-corrected chi connectivity index (χ4v) is 4.81. The third-order valence-electron chi connectivity index (χ3n) is 5.71. The minimum absolute atomic E-state index is 0.00811. The molecular weight excluding hydrogens is 442 g/mol. The number of nitrogens with zero attached hydrogens (tertiary/aromatic N) is 2. The fourth-order valence-electron chi connectivity index (χ4n) is 4.29. The Morgan fingerprint density at radius 2 is 1.52 bits per heavy atom. The predicted molar refractivity (Wildman–Crippen MR) is 126 cm³/mol. The van der Waals surface area contributed by atoms with Gasteiger partial charge in [-0.05, 0) is 77.9 Å². The minimum Gasteiger partial charge on any atom is -0.454 e. The number of aryl methyl sites for hydroxylation is 2. The third-order valence-corrected chi connectivity index (χ3v) is 6.64. The van der Waals surface area contributed by atoms with E-state index in [9.17, 15) is 18.0 Å². The van der Waals surface area contributed by atoms with Crippen LogP contribution in [-0.4, -0.2) is 35.9 Å². The second kappa shape index (κ2) is 8.99. The Hall–Kier alpha value is -3.17. The van der Waals surface area contributed by atoms with Crippen LogP contribution in [0.2, 0.25) is 0 Å². The van der Waals surface area contributed by atoms with E-state index in [0.717, 1.165) is 17.1 Å². The highest BCUT2D eigenvalue weighted by Gasteiger charge is 2.22. The van der Waals surface area contributed by atoms with Gasteiger partial charge in [0.05, 0.1) is 10.5 Å². The van der Waals surface area contributed by atoms with Crippen LogP contribution in [0.5, 0.6) is 0 Å². The summed E-state index contributed by atoms with van der Waals surface area (Å²) < 4.78 is 32.2. The van der Waals surface area contributed by atoms with Gasteiger partial charge in [-0.3, -0.25) is 4.79 Å². The van der Waals surface area contributed by atoms with E-state index in [-0.39, 0.29) is 23.3 Å². The monoisotopic (exact) mass is 471 g/mol. The van der Waals surface area contributed by atoms with Crippen LogP contribution in [0.25, 0.3) is 5.69 Å². The number of hydrogen-bond donors (Lipinski definition) is 1. The molecule has 9 heteroatoms. The van der Waals surface area contributed by atoms with Gasteiger partial charge in [0.15, 0.2) is 6.61 Å². The molecule has 8 nitrogen and oxygen atoms in total. The van der Waals surface area contributed by atoms with Gasteiger partial charge < -0.3 is 13.9 Å². The average Bonchev–Trinajstić information content (AvgIpc) is 3.20. The van der Waals surface area contributed by atoms with Crippen LogP contribution in [-0.2, 0) is 14.8 Å². The van der Waals surface area contributed by atoms with Crippen LogP contribution in [0, 0.1) is 27.7 Å². The van der Waals surface area contributed by atoms with Crippen molar-refractivity contribution in [1.29, 1.82) is 0 Å². The number of primary sulfonamides is 1. The Morgan fingerprint density at radius 3 is 2.03 bits per heavy atom. The molecule has 0 bridgehead atoms. The largest absolute Gasteiger partial charge is 0.454 e. The van der Waals surface area contributed by atoms with Crippen LogP contribution >= 0.6 is 0 Å². The maximum absolute atomic E-state index is 12.9. The summed E-state index contributed by atoms with van der Waals surface area (Å²) >= 11 is 0. The van der Waals surface area contributed by atoms with Gasteiger partial charge in [-0.2, -0.15) is 0 Å². The van der Waals surface area contributed by atoms with Crippen molar-refractivity contribution in [2.75, 3.05) is 6.61 Å². The smallest absolute Gasteiger partial charge is 0.340 e. The van der Waals surface area contributed by atoms with Gasteiger partial charge in [-0.15, -0.1) is 0 Å². The summed E-state index contributed by atoms with van der Waals surface area (Å²) in [4.78, 5) is 25.5. The second-order valence-electron chi connectivity index (χ2n) is 8.41. The zero-order valence-corrected chi connectivity index (χ0v) is 20.5. The minimum atomic E-state index is -3.79. The van der Waals surface area contributed by atoms with Gasteiger partial charge in [0.25, 0.3) is 0 Å². The molecule has 0 aliphatic carbocycles. The summed E-state index contributed by atoms with van der Waals surface area (Å²) in [6.45, 7) is 11.1. The van der Waals surface area contributed by atoms with Crippen LogP contribution in [0.3, 0.4) is 0 Å². The number of benzene rings is 1. The van der Waals surface area contributed by atoms with Crippen molar-refractivity contribution in [3.05, 3.63) is 70.3 Å². The van der Waals surface area contributed by atoms with E-state index in [1.54, 1.807) is 31.2 Å². The Labute approximate surface area is 194 Å². The van der Waals surface area contributed by atoms with Crippen molar-refractivity contribution in [2.24, 2.45) is 5.14 Å². The van der Waals surface area contributed by atoms with Gasteiger partial charge in [-0.25, -0.2) is 18.4 Å². The predicted octanol–water partition coefficient (Wildman–Crippen LogP) is 3.78. The Morgan fingerprint density at radius 1 is 0.939 bits per heavy atom. The van der Waals surface area contributed by atoms with Gasteiger partial charge >= 0.3 is 5.97 Å². The van der Waals surface area contributed by atoms with E-state index >= 15 is 0 Å². The second-order valence-corrected chi connectivity index (χ2v) is 9.97. The summed E-state index contributed by atoms with van der Waals surface area (Å²) in [5.74, 6) is -0.850. The Balaban J connectivity index is 1.79. The lowest BCUT2D eigenvalue weighted by Gasteiger charge is -2.13. The van der Waals surface area contributed by atoms with Crippen molar-refractivity contribution < 1.29 is 22.7 Å². The maximum atomic E-state index is 12.9. The summed E-state index contributed by atoms with van der Waals surface area (Å²) in [6, 6.07) is 9.79. The van der Waals surface area contributed by atoms with Gasteiger partial charge in [0.1, 0.15) is 0 Å². The molecule has 33 heavy (non-hydrogen) atoms. The number of hydrogen-bond acceptors (Lipinski definition) is 5. The molecule has 0 aliphatic heterocycles. The molecule has 2 aromatic heterocycles. The SMILES string of the molecule is Cc1cc(C(=O)COC(=O)c2cc(C)n(C(C)C)c2C)c(C)n1-c1ccc(S(N)(=O)=O)cc1. The molecule has 0 spiro atoms. The Kier molecular flexibility index (Phi) is 6.67. The maximum Gasteiger partial charge on any atom is 0.340 e. The molecule has 0 unspecified atom stereocenters. The highest BCUT2D eigenvalue weighted by atomic mass is 32.2. The molecule has 2 N–H and O–H groups in total. The van der Waals surface area contributed by atoms with Crippen molar-refractivity contribution in [3.8, 4) is 5.69 Å². The molecule has 0 amide bonds. The Bertz CT molecular complexity index is 1330. The first-order chi connectivity index (χ1) is 15.3. The van der Waals surface area contributed by atoms with Crippen LogP contribution < -0.4 is 5.14 Å². The number of Topliss-reactive ketones (excluding diaryl/α,β-unsaturated/α-hetero) is 1. The van der Waals surface area contributed by atoms with Crippen molar-refractivity contribution in [2.45, 2.75) is 52.5 Å². The van der Waals surface area contributed by atoms with Crippen LogP contribution in [0.1, 0.15) is 63.4 Å². The number of carbonyl (C=O) groups excluding carboxylic acids is 2. The lowest BCUT2D eigenvalue weighted by atomic mass is 10.1. The molecule has 1 aromatic carbocycles. The summed E-state index contributed by atoms with van der Waals surface area (Å²) in [5, 5.41) is 5.16. The number of aromatic nitrogens is 2.